The minimum Gasteiger partial charge on any atom is -0.496 e. The zero-order valence-electron chi connectivity index (χ0n) is 8.54. The van der Waals surface area contributed by atoms with Gasteiger partial charge in [-0.15, -0.1) is 11.8 Å². The molecule has 1 heterocycles. The van der Waals surface area contributed by atoms with Crippen LogP contribution in [0.4, 0.5) is 4.39 Å². The standard InChI is InChI=1S/C11H11FO2S/c1-6-11(13)10-7(5-15-6)9(14-2)4-3-8(10)12/h3-4,6H,5H2,1-2H3. The molecule has 1 aliphatic rings. The Labute approximate surface area is 91.8 Å². The fourth-order valence-electron chi connectivity index (χ4n) is 1.69. The number of thioether (sulfide) groups is 1. The smallest absolute Gasteiger partial charge is 0.178 e. The van der Waals surface area contributed by atoms with E-state index in [1.165, 1.54) is 24.9 Å². The van der Waals surface area contributed by atoms with E-state index in [0.29, 0.717) is 17.1 Å². The Morgan fingerprint density at radius 3 is 2.93 bits per heavy atom. The number of carbonyl (C=O) groups is 1. The number of fused-ring (bicyclic) bond motifs is 1. The van der Waals surface area contributed by atoms with Crippen molar-refractivity contribution in [2.75, 3.05) is 7.11 Å². The molecule has 1 unspecified atom stereocenters. The fraction of sp³-hybridized carbons (Fsp3) is 0.364. The fourth-order valence-corrected chi connectivity index (χ4v) is 2.66. The molecule has 0 aromatic heterocycles. The first-order valence-corrected chi connectivity index (χ1v) is 5.71. The highest BCUT2D eigenvalue weighted by Gasteiger charge is 2.29. The van der Waals surface area contributed by atoms with Gasteiger partial charge >= 0.3 is 0 Å². The van der Waals surface area contributed by atoms with Crippen molar-refractivity contribution in [1.82, 2.24) is 0 Å². The van der Waals surface area contributed by atoms with Gasteiger partial charge in [-0.3, -0.25) is 4.79 Å². The lowest BCUT2D eigenvalue weighted by Gasteiger charge is -2.22. The molecule has 0 saturated heterocycles. The third-order valence-corrected chi connectivity index (χ3v) is 3.70. The lowest BCUT2D eigenvalue weighted by molar-refractivity contribution is 0.0987. The normalized spacial score (nSPS) is 19.9. The van der Waals surface area contributed by atoms with Crippen LogP contribution in [0.2, 0.25) is 0 Å². The molecule has 4 heteroatoms. The highest BCUT2D eigenvalue weighted by Crippen LogP contribution is 2.36. The van der Waals surface area contributed by atoms with Gasteiger partial charge in [-0.2, -0.15) is 0 Å². The van der Waals surface area contributed by atoms with Crippen molar-refractivity contribution in [3.05, 3.63) is 29.1 Å². The molecule has 1 aromatic rings. The van der Waals surface area contributed by atoms with Crippen molar-refractivity contribution in [2.24, 2.45) is 0 Å². The first kappa shape index (κ1) is 10.5. The molecule has 0 saturated carbocycles. The van der Waals surface area contributed by atoms with Crippen molar-refractivity contribution in [2.45, 2.75) is 17.9 Å². The van der Waals surface area contributed by atoms with Gasteiger partial charge < -0.3 is 4.74 Å². The zero-order valence-corrected chi connectivity index (χ0v) is 9.36. The van der Waals surface area contributed by atoms with Crippen LogP contribution in [0, 0.1) is 5.82 Å². The summed E-state index contributed by atoms with van der Waals surface area (Å²) in [5.74, 6) is 0.642. The Morgan fingerprint density at radius 2 is 2.27 bits per heavy atom. The van der Waals surface area contributed by atoms with Crippen LogP contribution in [0.25, 0.3) is 0 Å². The number of benzene rings is 1. The zero-order chi connectivity index (χ0) is 11.0. The van der Waals surface area contributed by atoms with Gasteiger partial charge in [-0.05, 0) is 19.1 Å². The van der Waals surface area contributed by atoms with E-state index >= 15 is 0 Å². The molecule has 1 atom stereocenters. The summed E-state index contributed by atoms with van der Waals surface area (Å²) < 4.78 is 18.6. The molecule has 80 valence electrons. The van der Waals surface area contributed by atoms with Crippen LogP contribution in [0.5, 0.6) is 5.75 Å². The van der Waals surface area contributed by atoms with E-state index in [9.17, 15) is 9.18 Å². The van der Waals surface area contributed by atoms with Gasteiger partial charge in [0, 0.05) is 11.3 Å². The van der Waals surface area contributed by atoms with E-state index in [1.807, 2.05) is 0 Å². The summed E-state index contributed by atoms with van der Waals surface area (Å²) in [6.07, 6.45) is 0. The number of Topliss-reactive ketones (excluding diaryl/α,β-unsaturated/α-hetero) is 1. The summed E-state index contributed by atoms with van der Waals surface area (Å²) in [7, 11) is 1.53. The molecule has 0 fully saturated rings. The number of carbonyl (C=O) groups excluding carboxylic acids is 1. The maximum Gasteiger partial charge on any atom is 0.178 e. The molecule has 1 aliphatic heterocycles. The highest BCUT2D eigenvalue weighted by atomic mass is 32.2. The predicted octanol–water partition coefficient (Wildman–Crippen LogP) is 2.65. The van der Waals surface area contributed by atoms with Crippen LogP contribution in [-0.2, 0) is 5.75 Å². The van der Waals surface area contributed by atoms with Crippen LogP contribution in [0.1, 0.15) is 22.8 Å². The third-order valence-electron chi connectivity index (χ3n) is 2.53. The van der Waals surface area contributed by atoms with E-state index < -0.39 is 5.82 Å². The number of ketones is 1. The molecule has 0 radical (unpaired) electrons. The first-order chi connectivity index (χ1) is 7.15. The van der Waals surface area contributed by atoms with Gasteiger partial charge in [0.05, 0.1) is 17.9 Å². The van der Waals surface area contributed by atoms with Gasteiger partial charge in [-0.25, -0.2) is 4.39 Å². The SMILES string of the molecule is COc1ccc(F)c2c1CSC(C)C2=O. The second-order valence-corrected chi connectivity index (χ2v) is 4.75. The van der Waals surface area contributed by atoms with Crippen LogP contribution < -0.4 is 4.74 Å². The average molecular weight is 226 g/mol. The van der Waals surface area contributed by atoms with Crippen LogP contribution in [0.15, 0.2) is 12.1 Å². The molecule has 0 N–H and O–H groups in total. The second-order valence-electron chi connectivity index (χ2n) is 3.42. The number of hydrogen-bond donors (Lipinski definition) is 0. The van der Waals surface area contributed by atoms with Crippen molar-refractivity contribution in [1.29, 1.82) is 0 Å². The molecule has 0 bridgehead atoms. The first-order valence-electron chi connectivity index (χ1n) is 4.66. The Kier molecular flexibility index (Phi) is 2.69. The van der Waals surface area contributed by atoms with Gasteiger partial charge in [-0.1, -0.05) is 0 Å². The van der Waals surface area contributed by atoms with E-state index in [2.05, 4.69) is 0 Å². The predicted molar refractivity (Wildman–Crippen MR) is 58.0 cm³/mol. The van der Waals surface area contributed by atoms with Crippen LogP contribution in [-0.4, -0.2) is 18.1 Å². The van der Waals surface area contributed by atoms with Crippen LogP contribution >= 0.6 is 11.8 Å². The molecule has 2 nitrogen and oxygen atoms in total. The number of methoxy groups -OCH3 is 1. The second kappa shape index (κ2) is 3.85. The average Bonchev–Trinajstić information content (AvgIpc) is 2.24. The number of ether oxygens (including phenoxy) is 1. The number of rotatable bonds is 1. The monoisotopic (exact) mass is 226 g/mol. The largest absolute Gasteiger partial charge is 0.496 e. The van der Waals surface area contributed by atoms with E-state index in [0.717, 1.165) is 0 Å². The lowest BCUT2D eigenvalue weighted by atomic mass is 10.0. The van der Waals surface area contributed by atoms with Gasteiger partial charge in [0.2, 0.25) is 0 Å². The Balaban J connectivity index is 2.61. The third kappa shape index (κ3) is 1.63. The Bertz CT molecular complexity index is 417. The van der Waals surface area contributed by atoms with Gasteiger partial charge in [0.15, 0.2) is 5.78 Å². The lowest BCUT2D eigenvalue weighted by Crippen LogP contribution is -2.22. The summed E-state index contributed by atoms with van der Waals surface area (Å²) in [6.45, 7) is 1.80. The molecule has 0 aliphatic carbocycles. The summed E-state index contributed by atoms with van der Waals surface area (Å²) in [5, 5.41) is -0.167. The maximum atomic E-state index is 13.5. The molecule has 0 amide bonds. The van der Waals surface area contributed by atoms with Gasteiger partial charge in [0.25, 0.3) is 0 Å². The molecular weight excluding hydrogens is 215 g/mol. The maximum absolute atomic E-state index is 13.5. The van der Waals surface area contributed by atoms with E-state index in [1.54, 1.807) is 13.0 Å². The quantitative estimate of drug-likeness (QED) is 0.736. The molecule has 15 heavy (non-hydrogen) atoms. The van der Waals surface area contributed by atoms with Crippen molar-refractivity contribution in [3.63, 3.8) is 0 Å². The highest BCUT2D eigenvalue weighted by molar-refractivity contribution is 8.00. The van der Waals surface area contributed by atoms with Crippen molar-refractivity contribution >= 4 is 17.5 Å². The molecule has 1 aromatic carbocycles. The number of halogens is 1. The Hall–Kier alpha value is -1.03. The summed E-state index contributed by atoms with van der Waals surface area (Å²) in [6, 6.07) is 2.86. The number of hydrogen-bond acceptors (Lipinski definition) is 3. The van der Waals surface area contributed by atoms with E-state index in [4.69, 9.17) is 4.74 Å². The van der Waals surface area contributed by atoms with Crippen molar-refractivity contribution in [3.8, 4) is 5.75 Å². The summed E-state index contributed by atoms with van der Waals surface area (Å²) >= 11 is 1.51. The van der Waals surface area contributed by atoms with Crippen LogP contribution in [0.3, 0.4) is 0 Å². The Morgan fingerprint density at radius 1 is 1.53 bits per heavy atom. The molecule has 2 rings (SSSR count). The molecule has 0 spiro atoms. The summed E-state index contributed by atoms with van der Waals surface area (Å²) in [4.78, 5) is 11.8. The summed E-state index contributed by atoms with van der Waals surface area (Å²) in [5.41, 5.74) is 0.895. The topological polar surface area (TPSA) is 26.3 Å². The minimum atomic E-state index is -0.442. The van der Waals surface area contributed by atoms with E-state index in [-0.39, 0.29) is 16.6 Å². The van der Waals surface area contributed by atoms with Gasteiger partial charge in [0.1, 0.15) is 11.6 Å². The minimum absolute atomic E-state index is 0.141. The molecular formula is C11H11FO2S. The van der Waals surface area contributed by atoms with Crippen molar-refractivity contribution < 1.29 is 13.9 Å².